The van der Waals surface area contributed by atoms with E-state index in [1.165, 1.54) is 0 Å². The van der Waals surface area contributed by atoms with Crippen LogP contribution in [0.1, 0.15) is 37.0 Å². The largest absolute Gasteiger partial charge is 0.348 e. The van der Waals surface area contributed by atoms with E-state index in [9.17, 15) is 13.2 Å². The van der Waals surface area contributed by atoms with Gasteiger partial charge in [-0.2, -0.15) is 4.31 Å². The van der Waals surface area contributed by atoms with Gasteiger partial charge in [0.05, 0.1) is 4.90 Å². The number of nitrogens with one attached hydrogen (secondary N) is 2. The molecule has 2 aliphatic rings. The molecule has 0 aromatic heterocycles. The first kappa shape index (κ1) is 21.2. The van der Waals surface area contributed by atoms with Crippen molar-refractivity contribution in [3.63, 3.8) is 0 Å². The number of benzene rings is 1. The van der Waals surface area contributed by atoms with Crippen molar-refractivity contribution in [2.45, 2.75) is 37.6 Å². The van der Waals surface area contributed by atoms with Crippen LogP contribution in [0.25, 0.3) is 0 Å². The van der Waals surface area contributed by atoms with Gasteiger partial charge < -0.3 is 10.6 Å². The van der Waals surface area contributed by atoms with E-state index >= 15 is 0 Å². The molecule has 0 saturated carbocycles. The highest BCUT2D eigenvalue weighted by molar-refractivity contribution is 7.89. The summed E-state index contributed by atoms with van der Waals surface area (Å²) >= 11 is 0. The van der Waals surface area contributed by atoms with Gasteiger partial charge in [-0.1, -0.05) is 13.8 Å². The molecule has 1 amide bonds. The highest BCUT2D eigenvalue weighted by Crippen LogP contribution is 2.26. The van der Waals surface area contributed by atoms with Crippen molar-refractivity contribution in [1.82, 2.24) is 14.9 Å². The predicted octanol–water partition coefficient (Wildman–Crippen LogP) is 1.87. The van der Waals surface area contributed by atoms with Gasteiger partial charge in [-0.25, -0.2) is 8.42 Å². The Balaban J connectivity index is 0.00000243. The van der Waals surface area contributed by atoms with Crippen LogP contribution in [0.2, 0.25) is 0 Å². The quantitative estimate of drug-likeness (QED) is 0.807. The Morgan fingerprint density at radius 3 is 2.31 bits per heavy atom. The van der Waals surface area contributed by atoms with Gasteiger partial charge in [0.25, 0.3) is 5.91 Å². The third kappa shape index (κ3) is 4.76. The first-order valence-electron chi connectivity index (χ1n) is 8.98. The number of hydrogen-bond donors (Lipinski definition) is 2. The summed E-state index contributed by atoms with van der Waals surface area (Å²) in [6.07, 6.45) is 1.98. The van der Waals surface area contributed by atoms with Crippen molar-refractivity contribution in [2.75, 3.05) is 26.2 Å². The number of amides is 1. The molecule has 3 unspecified atom stereocenters. The number of rotatable bonds is 4. The van der Waals surface area contributed by atoms with E-state index in [0.717, 1.165) is 25.9 Å². The van der Waals surface area contributed by atoms with E-state index in [0.29, 0.717) is 30.5 Å². The molecular formula is C18H28ClN3O3S. The molecule has 1 aromatic carbocycles. The Bertz CT molecular complexity index is 708. The average Bonchev–Trinajstić information content (AvgIpc) is 3.07. The molecule has 0 bridgehead atoms. The molecule has 2 fully saturated rings. The second-order valence-corrected chi connectivity index (χ2v) is 9.39. The van der Waals surface area contributed by atoms with Crippen molar-refractivity contribution >= 4 is 28.3 Å². The molecule has 1 aromatic rings. The van der Waals surface area contributed by atoms with Crippen molar-refractivity contribution in [3.05, 3.63) is 29.8 Å². The van der Waals surface area contributed by atoms with Gasteiger partial charge in [-0.3, -0.25) is 4.79 Å². The maximum Gasteiger partial charge on any atom is 0.251 e. The summed E-state index contributed by atoms with van der Waals surface area (Å²) in [5, 5.41) is 6.17. The topological polar surface area (TPSA) is 78.5 Å². The van der Waals surface area contributed by atoms with E-state index in [-0.39, 0.29) is 29.3 Å². The fourth-order valence-corrected chi connectivity index (χ4v) is 5.46. The Labute approximate surface area is 162 Å². The molecule has 8 heteroatoms. The van der Waals surface area contributed by atoms with Crippen LogP contribution in [0.3, 0.4) is 0 Å². The summed E-state index contributed by atoms with van der Waals surface area (Å²) in [5.74, 6) is 0.574. The van der Waals surface area contributed by atoms with E-state index in [4.69, 9.17) is 0 Å². The maximum atomic E-state index is 12.9. The molecule has 26 heavy (non-hydrogen) atoms. The van der Waals surface area contributed by atoms with Crippen molar-refractivity contribution in [1.29, 1.82) is 0 Å². The molecule has 2 saturated heterocycles. The number of carbonyl (C=O) groups is 1. The summed E-state index contributed by atoms with van der Waals surface area (Å²) in [7, 11) is -3.50. The highest BCUT2D eigenvalue weighted by Gasteiger charge is 2.31. The third-order valence-electron chi connectivity index (χ3n) is 4.99. The van der Waals surface area contributed by atoms with E-state index in [2.05, 4.69) is 24.5 Å². The van der Waals surface area contributed by atoms with Gasteiger partial charge in [-0.05, 0) is 55.5 Å². The average molecular weight is 402 g/mol. The van der Waals surface area contributed by atoms with Gasteiger partial charge in [-0.15, -0.1) is 12.4 Å². The van der Waals surface area contributed by atoms with E-state index in [1.807, 2.05) is 0 Å². The molecule has 146 valence electrons. The van der Waals surface area contributed by atoms with Gasteiger partial charge in [0.15, 0.2) is 0 Å². The van der Waals surface area contributed by atoms with Gasteiger partial charge in [0.2, 0.25) is 10.0 Å². The first-order chi connectivity index (χ1) is 11.9. The van der Waals surface area contributed by atoms with Crippen LogP contribution in [0.15, 0.2) is 29.2 Å². The van der Waals surface area contributed by atoms with E-state index < -0.39 is 10.0 Å². The summed E-state index contributed by atoms with van der Waals surface area (Å²) in [4.78, 5) is 12.5. The minimum Gasteiger partial charge on any atom is -0.348 e. The normalized spacial score (nSPS) is 26.9. The SMILES string of the molecule is CC1CC(C)CN(S(=O)(=O)c2ccc(C(=O)NC3CCNC3)cc2)C1.Cl. The van der Waals surface area contributed by atoms with Crippen LogP contribution >= 0.6 is 12.4 Å². The zero-order valence-corrected chi connectivity index (χ0v) is 16.9. The summed E-state index contributed by atoms with van der Waals surface area (Å²) in [6.45, 7) is 6.98. The summed E-state index contributed by atoms with van der Waals surface area (Å²) in [5.41, 5.74) is 0.492. The Morgan fingerprint density at radius 1 is 1.15 bits per heavy atom. The van der Waals surface area contributed by atoms with Crippen molar-refractivity contribution in [3.8, 4) is 0 Å². The van der Waals surface area contributed by atoms with Crippen LogP contribution in [-0.4, -0.2) is 50.9 Å². The molecule has 2 heterocycles. The Kier molecular flexibility index (Phi) is 7.07. The first-order valence-corrected chi connectivity index (χ1v) is 10.4. The van der Waals surface area contributed by atoms with Crippen LogP contribution in [0, 0.1) is 11.8 Å². The second kappa shape index (κ2) is 8.69. The lowest BCUT2D eigenvalue weighted by Gasteiger charge is -2.34. The van der Waals surface area contributed by atoms with Crippen molar-refractivity contribution < 1.29 is 13.2 Å². The smallest absolute Gasteiger partial charge is 0.251 e. The standard InChI is InChI=1S/C18H27N3O3S.ClH/c1-13-9-14(2)12-21(11-13)25(23,24)17-5-3-15(4-6-17)18(22)20-16-7-8-19-10-16;/h3-6,13-14,16,19H,7-12H2,1-2H3,(H,20,22);1H. The van der Waals surface area contributed by atoms with Crippen LogP contribution < -0.4 is 10.6 Å². The number of nitrogens with zero attached hydrogens (tertiary/aromatic N) is 1. The lowest BCUT2D eigenvalue weighted by Crippen LogP contribution is -2.42. The van der Waals surface area contributed by atoms with Gasteiger partial charge in [0.1, 0.15) is 0 Å². The van der Waals surface area contributed by atoms with Crippen LogP contribution in [0.4, 0.5) is 0 Å². The predicted molar refractivity (Wildman–Crippen MR) is 104 cm³/mol. The minimum atomic E-state index is -3.50. The zero-order chi connectivity index (χ0) is 18.0. The van der Waals surface area contributed by atoms with Crippen LogP contribution in [0.5, 0.6) is 0 Å². The Hall–Kier alpha value is -1.15. The zero-order valence-electron chi connectivity index (χ0n) is 15.3. The number of carbonyl (C=O) groups excluding carboxylic acids is 1. The summed E-state index contributed by atoms with van der Waals surface area (Å²) in [6, 6.07) is 6.43. The fraction of sp³-hybridized carbons (Fsp3) is 0.611. The minimum absolute atomic E-state index is 0. The lowest BCUT2D eigenvalue weighted by molar-refractivity contribution is 0.0940. The number of halogens is 1. The van der Waals surface area contributed by atoms with Crippen molar-refractivity contribution in [2.24, 2.45) is 11.8 Å². The number of hydrogen-bond acceptors (Lipinski definition) is 4. The molecule has 0 radical (unpaired) electrons. The second-order valence-electron chi connectivity index (χ2n) is 7.46. The Morgan fingerprint density at radius 2 is 1.77 bits per heavy atom. The monoisotopic (exact) mass is 401 g/mol. The lowest BCUT2D eigenvalue weighted by atomic mass is 9.94. The van der Waals surface area contributed by atoms with Gasteiger partial charge in [0, 0.05) is 31.2 Å². The molecule has 3 rings (SSSR count). The molecule has 0 aliphatic carbocycles. The summed E-state index contributed by atoms with van der Waals surface area (Å²) < 4.78 is 27.3. The van der Waals surface area contributed by atoms with Crippen LogP contribution in [-0.2, 0) is 10.0 Å². The molecule has 2 N–H and O–H groups in total. The number of sulfonamides is 1. The van der Waals surface area contributed by atoms with Gasteiger partial charge >= 0.3 is 0 Å². The third-order valence-corrected chi connectivity index (χ3v) is 6.83. The van der Waals surface area contributed by atoms with E-state index in [1.54, 1.807) is 28.6 Å². The number of piperidine rings is 1. The molecule has 3 atom stereocenters. The molecule has 6 nitrogen and oxygen atoms in total. The highest BCUT2D eigenvalue weighted by atomic mass is 35.5. The fourth-order valence-electron chi connectivity index (χ4n) is 3.78. The maximum absolute atomic E-state index is 12.9. The molecule has 2 aliphatic heterocycles. The molecular weight excluding hydrogens is 374 g/mol. The molecule has 0 spiro atoms.